The summed E-state index contributed by atoms with van der Waals surface area (Å²) in [6, 6.07) is 13.0. The summed E-state index contributed by atoms with van der Waals surface area (Å²) in [4.78, 5) is 28.5. The Morgan fingerprint density at radius 3 is 2.78 bits per heavy atom. The lowest BCUT2D eigenvalue weighted by atomic mass is 10.0. The van der Waals surface area contributed by atoms with Gasteiger partial charge in [0.2, 0.25) is 0 Å². The molecule has 32 heavy (non-hydrogen) atoms. The van der Waals surface area contributed by atoms with Crippen LogP contribution >= 0.6 is 11.3 Å². The molecule has 1 aliphatic heterocycles. The van der Waals surface area contributed by atoms with E-state index < -0.39 is 5.91 Å². The highest BCUT2D eigenvalue weighted by Gasteiger charge is 2.35. The molecule has 2 aromatic heterocycles. The largest absolute Gasteiger partial charge is 0.459 e. The minimum Gasteiger partial charge on any atom is -0.459 e. The summed E-state index contributed by atoms with van der Waals surface area (Å²) in [5.74, 6) is -1.03. The van der Waals surface area contributed by atoms with Gasteiger partial charge in [-0.3, -0.25) is 9.59 Å². The molecular formula is C23H22FN3O4S. The molecule has 0 bridgehead atoms. The molecule has 1 aromatic carbocycles. The average molecular weight is 456 g/mol. The number of methoxy groups -OCH3 is 1. The molecule has 9 heteroatoms. The van der Waals surface area contributed by atoms with Gasteiger partial charge < -0.3 is 14.1 Å². The molecule has 0 aliphatic carbocycles. The van der Waals surface area contributed by atoms with Crippen LogP contribution in [0.1, 0.15) is 33.5 Å². The zero-order chi connectivity index (χ0) is 22.5. The Labute approximate surface area is 188 Å². The molecule has 1 atom stereocenters. The fraction of sp³-hybridized carbons (Fsp3) is 0.261. The first kappa shape index (κ1) is 21.9. The van der Waals surface area contributed by atoms with Gasteiger partial charge in [0.1, 0.15) is 12.4 Å². The maximum Gasteiger partial charge on any atom is 0.290 e. The molecule has 4 rings (SSSR count). The molecule has 0 saturated carbocycles. The number of nitrogens with zero attached hydrogens (tertiary/aromatic N) is 3. The van der Waals surface area contributed by atoms with Crippen LogP contribution in [0.5, 0.6) is 0 Å². The van der Waals surface area contributed by atoms with E-state index in [0.717, 1.165) is 4.88 Å². The van der Waals surface area contributed by atoms with Crippen molar-refractivity contribution in [2.75, 3.05) is 26.8 Å². The fourth-order valence-electron chi connectivity index (χ4n) is 3.55. The predicted octanol–water partition coefficient (Wildman–Crippen LogP) is 3.95. The first-order chi connectivity index (χ1) is 15.6. The number of thiophene rings is 1. The molecule has 2 amide bonds. The topological polar surface area (TPSA) is 75.3 Å². The quantitative estimate of drug-likeness (QED) is 0.516. The van der Waals surface area contributed by atoms with Crippen molar-refractivity contribution in [3.63, 3.8) is 0 Å². The number of rotatable bonds is 8. The normalized spacial score (nSPS) is 15.6. The monoisotopic (exact) mass is 455 g/mol. The summed E-state index contributed by atoms with van der Waals surface area (Å²) >= 11 is 1.50. The minimum absolute atomic E-state index is 0.140. The van der Waals surface area contributed by atoms with E-state index in [0.29, 0.717) is 17.7 Å². The number of halogens is 1. The van der Waals surface area contributed by atoms with Crippen molar-refractivity contribution in [3.05, 3.63) is 82.2 Å². The first-order valence-corrected chi connectivity index (χ1v) is 11.0. The molecule has 0 spiro atoms. The van der Waals surface area contributed by atoms with Crippen LogP contribution in [0.4, 0.5) is 4.39 Å². The molecule has 0 fully saturated rings. The molecule has 166 valence electrons. The number of furan rings is 1. The zero-order valence-electron chi connectivity index (χ0n) is 17.4. The molecule has 0 N–H and O–H groups in total. The maximum absolute atomic E-state index is 14.4. The molecule has 0 unspecified atom stereocenters. The smallest absolute Gasteiger partial charge is 0.290 e. The van der Waals surface area contributed by atoms with Gasteiger partial charge in [-0.1, -0.05) is 24.3 Å². The average Bonchev–Trinajstić information content (AvgIpc) is 3.57. The van der Waals surface area contributed by atoms with E-state index in [1.807, 2.05) is 17.5 Å². The zero-order valence-corrected chi connectivity index (χ0v) is 18.3. The number of carbonyl (C=O) groups excluding carboxylic acids is 2. The Balaban J connectivity index is 1.60. The van der Waals surface area contributed by atoms with E-state index in [2.05, 4.69) is 5.10 Å². The van der Waals surface area contributed by atoms with Crippen LogP contribution in [0.3, 0.4) is 0 Å². The SMILES string of the molecule is COCCN(CC(=O)N1N=C(c2ccccc2F)C[C@H]1c1cccs1)C(=O)c1ccco1. The highest BCUT2D eigenvalue weighted by Crippen LogP contribution is 2.35. The summed E-state index contributed by atoms with van der Waals surface area (Å²) < 4.78 is 24.7. The van der Waals surface area contributed by atoms with Gasteiger partial charge in [-0.05, 0) is 29.6 Å². The third-order valence-electron chi connectivity index (χ3n) is 5.13. The van der Waals surface area contributed by atoms with Gasteiger partial charge in [-0.2, -0.15) is 5.10 Å². The highest BCUT2D eigenvalue weighted by molar-refractivity contribution is 7.10. The molecule has 0 radical (unpaired) electrons. The van der Waals surface area contributed by atoms with Crippen molar-refractivity contribution in [1.29, 1.82) is 0 Å². The standard InChI is InChI=1S/C23H22FN3O4S/c1-30-12-10-26(23(29)20-8-4-11-31-20)15-22(28)27-19(21-9-5-13-32-21)14-18(25-27)16-6-2-3-7-17(16)24/h2-9,11,13,19H,10,12,14-15H2,1H3/t19-/m0/s1. The molecule has 1 aliphatic rings. The number of ether oxygens (including phenoxy) is 1. The number of hydrogen-bond donors (Lipinski definition) is 0. The summed E-state index contributed by atoms with van der Waals surface area (Å²) in [6.07, 6.45) is 1.79. The Morgan fingerprint density at radius 2 is 2.09 bits per heavy atom. The van der Waals surface area contributed by atoms with Gasteiger partial charge in [0.15, 0.2) is 5.76 Å². The van der Waals surface area contributed by atoms with Crippen molar-refractivity contribution in [3.8, 4) is 0 Å². The molecule has 3 heterocycles. The molecule has 7 nitrogen and oxygen atoms in total. The Bertz CT molecular complexity index is 1100. The summed E-state index contributed by atoms with van der Waals surface area (Å²) in [7, 11) is 1.52. The van der Waals surface area contributed by atoms with Crippen LogP contribution in [0, 0.1) is 5.82 Å². The van der Waals surface area contributed by atoms with Crippen molar-refractivity contribution in [2.45, 2.75) is 12.5 Å². The van der Waals surface area contributed by atoms with E-state index in [1.54, 1.807) is 30.3 Å². The van der Waals surface area contributed by atoms with Crippen molar-refractivity contribution >= 4 is 28.9 Å². The van der Waals surface area contributed by atoms with E-state index >= 15 is 0 Å². The second kappa shape index (κ2) is 9.88. The summed E-state index contributed by atoms with van der Waals surface area (Å²) in [5.41, 5.74) is 0.864. The van der Waals surface area contributed by atoms with Gasteiger partial charge in [-0.25, -0.2) is 9.40 Å². The van der Waals surface area contributed by atoms with E-state index in [-0.39, 0.29) is 43.2 Å². The minimum atomic E-state index is -0.412. The highest BCUT2D eigenvalue weighted by atomic mass is 32.1. The molecular weight excluding hydrogens is 433 g/mol. The van der Waals surface area contributed by atoms with Gasteiger partial charge in [-0.15, -0.1) is 11.3 Å². The van der Waals surface area contributed by atoms with Crippen molar-refractivity contribution < 1.29 is 23.1 Å². The number of hydrazone groups is 1. The maximum atomic E-state index is 14.4. The third kappa shape index (κ3) is 4.63. The third-order valence-corrected chi connectivity index (χ3v) is 6.11. The van der Waals surface area contributed by atoms with E-state index in [9.17, 15) is 14.0 Å². The van der Waals surface area contributed by atoms with E-state index in [4.69, 9.17) is 9.15 Å². The van der Waals surface area contributed by atoms with Crippen LogP contribution in [-0.4, -0.2) is 54.2 Å². The summed E-state index contributed by atoms with van der Waals surface area (Å²) in [6.45, 7) is 0.264. The fourth-order valence-corrected chi connectivity index (χ4v) is 4.36. The number of carbonyl (C=O) groups is 2. The van der Waals surface area contributed by atoms with Gasteiger partial charge in [0.05, 0.1) is 24.6 Å². The van der Waals surface area contributed by atoms with Crippen molar-refractivity contribution in [2.24, 2.45) is 5.10 Å². The van der Waals surface area contributed by atoms with Crippen LogP contribution < -0.4 is 0 Å². The Hall–Kier alpha value is -3.30. The van der Waals surface area contributed by atoms with Gasteiger partial charge in [0, 0.05) is 30.5 Å². The second-order valence-corrected chi connectivity index (χ2v) is 8.18. The van der Waals surface area contributed by atoms with Gasteiger partial charge >= 0.3 is 0 Å². The van der Waals surface area contributed by atoms with E-state index in [1.165, 1.54) is 40.7 Å². The van der Waals surface area contributed by atoms with Crippen LogP contribution in [0.15, 0.2) is 69.7 Å². The lowest BCUT2D eigenvalue weighted by molar-refractivity contribution is -0.133. The molecule has 0 saturated heterocycles. The van der Waals surface area contributed by atoms with Gasteiger partial charge in [0.25, 0.3) is 11.8 Å². The number of benzene rings is 1. The predicted molar refractivity (Wildman–Crippen MR) is 118 cm³/mol. The van der Waals surface area contributed by atoms with Crippen LogP contribution in [-0.2, 0) is 9.53 Å². The molecule has 3 aromatic rings. The van der Waals surface area contributed by atoms with Crippen LogP contribution in [0.25, 0.3) is 0 Å². The summed E-state index contributed by atoms with van der Waals surface area (Å²) in [5, 5.41) is 7.77. The Morgan fingerprint density at radius 1 is 1.25 bits per heavy atom. The Kier molecular flexibility index (Phi) is 6.77. The lowest BCUT2D eigenvalue weighted by Gasteiger charge is -2.25. The van der Waals surface area contributed by atoms with Crippen LogP contribution in [0.2, 0.25) is 0 Å². The number of hydrogen-bond acceptors (Lipinski definition) is 6. The number of amides is 2. The lowest BCUT2D eigenvalue weighted by Crippen LogP contribution is -2.42. The van der Waals surface area contributed by atoms with Crippen molar-refractivity contribution in [1.82, 2.24) is 9.91 Å². The first-order valence-electron chi connectivity index (χ1n) is 10.1. The second-order valence-electron chi connectivity index (χ2n) is 7.20.